The summed E-state index contributed by atoms with van der Waals surface area (Å²) in [6.07, 6.45) is 1.37. The second kappa shape index (κ2) is 8.31. The van der Waals surface area contributed by atoms with Gasteiger partial charge in [0.25, 0.3) is 5.91 Å². The van der Waals surface area contributed by atoms with Crippen molar-refractivity contribution in [1.29, 1.82) is 5.26 Å². The van der Waals surface area contributed by atoms with Crippen molar-refractivity contribution >= 4 is 18.0 Å². The number of aryl methyl sites for hydroxylation is 2. The Hall–Kier alpha value is -4.05. The van der Waals surface area contributed by atoms with Gasteiger partial charge < -0.3 is 9.15 Å². The van der Waals surface area contributed by atoms with Crippen LogP contribution >= 0.6 is 0 Å². The fourth-order valence-corrected chi connectivity index (χ4v) is 2.80. The van der Waals surface area contributed by atoms with E-state index in [1.54, 1.807) is 41.1 Å². The molecule has 2 aromatic heterocycles. The van der Waals surface area contributed by atoms with Crippen LogP contribution in [0.25, 0.3) is 17.4 Å². The molecule has 0 bridgehead atoms. The molecule has 1 amide bonds. The van der Waals surface area contributed by atoms with Gasteiger partial charge in [-0.05, 0) is 50.2 Å². The smallest absolute Gasteiger partial charge is 0.337 e. The van der Waals surface area contributed by atoms with Crippen molar-refractivity contribution in [3.05, 3.63) is 76.8 Å². The van der Waals surface area contributed by atoms with Gasteiger partial charge in [-0.15, -0.1) is 0 Å². The number of rotatable bonds is 5. The molecule has 3 rings (SSSR count). The molecule has 0 saturated heterocycles. The number of amides is 1. The number of esters is 1. The average molecular weight is 389 g/mol. The Balaban J connectivity index is 1.84. The van der Waals surface area contributed by atoms with Crippen molar-refractivity contribution in [2.45, 2.75) is 13.8 Å². The number of ether oxygens (including phenoxy) is 1. The van der Waals surface area contributed by atoms with Gasteiger partial charge in [0, 0.05) is 23.0 Å². The third kappa shape index (κ3) is 4.28. The molecule has 0 unspecified atom stereocenters. The quantitative estimate of drug-likeness (QED) is 0.406. The molecule has 0 aliphatic carbocycles. The van der Waals surface area contributed by atoms with Gasteiger partial charge >= 0.3 is 5.97 Å². The number of furan rings is 1. The Labute approximate surface area is 167 Å². The summed E-state index contributed by atoms with van der Waals surface area (Å²) in [5.74, 6) is -0.147. The lowest BCUT2D eigenvalue weighted by molar-refractivity contribution is -0.113. The van der Waals surface area contributed by atoms with E-state index in [4.69, 9.17) is 9.15 Å². The Morgan fingerprint density at radius 2 is 1.86 bits per heavy atom. The minimum Gasteiger partial charge on any atom is -0.465 e. The monoisotopic (exact) mass is 389 g/mol. The molecule has 2 heterocycles. The van der Waals surface area contributed by atoms with E-state index in [1.165, 1.54) is 13.2 Å². The van der Waals surface area contributed by atoms with Crippen LogP contribution in [0.15, 0.2) is 58.5 Å². The number of methoxy groups -OCH3 is 1. The number of carbonyl (C=O) groups excluding carboxylic acids is 2. The van der Waals surface area contributed by atoms with E-state index in [9.17, 15) is 14.9 Å². The van der Waals surface area contributed by atoms with Crippen LogP contribution in [0.2, 0.25) is 0 Å². The van der Waals surface area contributed by atoms with Gasteiger partial charge in [-0.1, -0.05) is 12.1 Å². The summed E-state index contributed by atoms with van der Waals surface area (Å²) in [5.41, 5.74) is 5.36. The van der Waals surface area contributed by atoms with Crippen LogP contribution in [0, 0.1) is 25.2 Å². The maximum atomic E-state index is 12.5. The predicted molar refractivity (Wildman–Crippen MR) is 107 cm³/mol. The van der Waals surface area contributed by atoms with Crippen LogP contribution < -0.4 is 5.43 Å². The summed E-state index contributed by atoms with van der Waals surface area (Å²) < 4.78 is 12.1. The topological polar surface area (TPSA) is 97.3 Å². The summed E-state index contributed by atoms with van der Waals surface area (Å²) in [7, 11) is 1.32. The third-order valence-electron chi connectivity index (χ3n) is 4.33. The number of nitrogens with one attached hydrogen (secondary N) is 1. The second-order valence-corrected chi connectivity index (χ2v) is 6.34. The number of nitriles is 1. The van der Waals surface area contributed by atoms with Gasteiger partial charge in [0.2, 0.25) is 0 Å². The number of hydrogen-bond acceptors (Lipinski definition) is 5. The Kier molecular flexibility index (Phi) is 5.65. The zero-order valence-electron chi connectivity index (χ0n) is 16.2. The first kappa shape index (κ1) is 19.7. The number of aromatic nitrogens is 1. The molecule has 0 aliphatic heterocycles. The van der Waals surface area contributed by atoms with Crippen LogP contribution in [-0.2, 0) is 9.53 Å². The number of hydrogen-bond donors (Lipinski definition) is 1. The highest BCUT2D eigenvalue weighted by Gasteiger charge is 2.14. The summed E-state index contributed by atoms with van der Waals surface area (Å²) in [4.78, 5) is 24.2. The number of carbonyl (C=O) groups is 2. The molecule has 29 heavy (non-hydrogen) atoms. The number of nitrogens with zero attached hydrogens (tertiary/aromatic N) is 2. The molecule has 0 spiro atoms. The van der Waals surface area contributed by atoms with Gasteiger partial charge in [0.05, 0.1) is 12.7 Å². The normalized spacial score (nSPS) is 11.0. The zero-order valence-corrected chi connectivity index (χ0v) is 16.2. The van der Waals surface area contributed by atoms with Gasteiger partial charge in [0.1, 0.15) is 23.2 Å². The van der Waals surface area contributed by atoms with Crippen molar-refractivity contribution < 1.29 is 18.7 Å². The zero-order chi connectivity index (χ0) is 21.0. The van der Waals surface area contributed by atoms with Crippen LogP contribution in [-0.4, -0.2) is 23.7 Å². The highest BCUT2D eigenvalue weighted by atomic mass is 16.5. The average Bonchev–Trinajstić information content (AvgIpc) is 3.33. The molecule has 1 N–H and O–H groups in total. The molecule has 0 atom stereocenters. The van der Waals surface area contributed by atoms with Crippen LogP contribution in [0.5, 0.6) is 0 Å². The van der Waals surface area contributed by atoms with E-state index in [1.807, 2.05) is 32.0 Å². The van der Waals surface area contributed by atoms with Crippen LogP contribution in [0.1, 0.15) is 27.5 Å². The maximum Gasteiger partial charge on any atom is 0.337 e. The molecule has 0 fully saturated rings. The van der Waals surface area contributed by atoms with E-state index in [-0.39, 0.29) is 5.57 Å². The lowest BCUT2D eigenvalue weighted by atomic mass is 10.1. The van der Waals surface area contributed by atoms with Gasteiger partial charge in [-0.25, -0.2) is 4.79 Å². The van der Waals surface area contributed by atoms with Crippen LogP contribution in [0.4, 0.5) is 0 Å². The summed E-state index contributed by atoms with van der Waals surface area (Å²) >= 11 is 0. The highest BCUT2D eigenvalue weighted by molar-refractivity contribution is 6.06. The van der Waals surface area contributed by atoms with Crippen molar-refractivity contribution in [2.24, 2.45) is 0 Å². The molecule has 146 valence electrons. The first-order valence-electron chi connectivity index (χ1n) is 8.79. The Bertz CT molecular complexity index is 1130. The summed E-state index contributed by atoms with van der Waals surface area (Å²) in [5, 5.41) is 9.39. The van der Waals surface area contributed by atoms with Crippen molar-refractivity contribution in [1.82, 2.24) is 4.68 Å². The fourth-order valence-electron chi connectivity index (χ4n) is 2.80. The molecule has 0 aliphatic rings. The molecule has 3 aromatic rings. The Morgan fingerprint density at radius 1 is 1.14 bits per heavy atom. The van der Waals surface area contributed by atoms with Gasteiger partial charge in [-0.3, -0.25) is 14.9 Å². The molecular weight excluding hydrogens is 370 g/mol. The molecular formula is C22H19N3O4. The van der Waals surface area contributed by atoms with E-state index in [0.717, 1.165) is 11.4 Å². The van der Waals surface area contributed by atoms with Gasteiger partial charge in [-0.2, -0.15) is 5.26 Å². The summed E-state index contributed by atoms with van der Waals surface area (Å²) in [6, 6.07) is 15.8. The second-order valence-electron chi connectivity index (χ2n) is 6.34. The Morgan fingerprint density at radius 3 is 2.52 bits per heavy atom. The SMILES string of the molecule is COC(=O)c1cccc(-c2ccc(/C=C(/C#N)C(=O)Nn3c(C)ccc3C)o2)c1. The molecule has 0 saturated carbocycles. The van der Waals surface area contributed by atoms with E-state index in [0.29, 0.717) is 22.6 Å². The van der Waals surface area contributed by atoms with Gasteiger partial charge in [0.15, 0.2) is 0 Å². The van der Waals surface area contributed by atoms with Crippen molar-refractivity contribution in [3.63, 3.8) is 0 Å². The third-order valence-corrected chi connectivity index (χ3v) is 4.33. The lowest BCUT2D eigenvalue weighted by Gasteiger charge is -2.10. The molecule has 7 nitrogen and oxygen atoms in total. The minimum absolute atomic E-state index is 0.0956. The van der Waals surface area contributed by atoms with Crippen LogP contribution in [0.3, 0.4) is 0 Å². The van der Waals surface area contributed by atoms with E-state index < -0.39 is 11.9 Å². The van der Waals surface area contributed by atoms with Crippen molar-refractivity contribution in [2.75, 3.05) is 12.5 Å². The largest absolute Gasteiger partial charge is 0.465 e. The first-order valence-corrected chi connectivity index (χ1v) is 8.79. The fraction of sp³-hybridized carbons (Fsp3) is 0.136. The molecule has 7 heteroatoms. The van der Waals surface area contributed by atoms with Crippen molar-refractivity contribution in [3.8, 4) is 17.4 Å². The first-order chi connectivity index (χ1) is 13.9. The highest BCUT2D eigenvalue weighted by Crippen LogP contribution is 2.24. The van der Waals surface area contributed by atoms with E-state index >= 15 is 0 Å². The number of benzene rings is 1. The molecule has 1 aromatic carbocycles. The lowest BCUT2D eigenvalue weighted by Crippen LogP contribution is -2.25. The minimum atomic E-state index is -0.541. The maximum absolute atomic E-state index is 12.5. The molecule has 0 radical (unpaired) electrons. The van der Waals surface area contributed by atoms with E-state index in [2.05, 4.69) is 5.43 Å². The predicted octanol–water partition coefficient (Wildman–Crippen LogP) is 3.83. The summed E-state index contributed by atoms with van der Waals surface area (Å²) in [6.45, 7) is 3.70. The standard InChI is InChI=1S/C22H19N3O4/c1-14-7-8-15(2)25(14)24-21(26)18(13-23)12-19-9-10-20(29-19)16-5-4-6-17(11-16)22(27)28-3/h4-12H,1-3H3,(H,24,26)/b18-12-.